The number of aliphatic hydroxyl groups excluding tert-OH is 1. The number of aryl methyl sites for hydroxylation is 1. The minimum Gasteiger partial charge on any atom is -0.392 e. The topological polar surface area (TPSA) is 58.5 Å². The summed E-state index contributed by atoms with van der Waals surface area (Å²) in [5.74, 6) is 0.725. The molecule has 1 atom stereocenters. The van der Waals surface area contributed by atoms with Gasteiger partial charge in [-0.15, -0.1) is 0 Å². The largest absolute Gasteiger partial charge is 0.392 e. The van der Waals surface area contributed by atoms with Crippen LogP contribution < -0.4 is 4.90 Å². The molecule has 18 heavy (non-hydrogen) atoms. The van der Waals surface area contributed by atoms with Crippen molar-refractivity contribution in [3.8, 4) is 0 Å². The molecular formula is C13H21N3O2. The van der Waals surface area contributed by atoms with Crippen LogP contribution in [-0.4, -0.2) is 40.9 Å². The second-order valence-corrected chi connectivity index (χ2v) is 4.61. The highest BCUT2D eigenvalue weighted by molar-refractivity contribution is 5.32. The molecular weight excluding hydrogens is 230 g/mol. The van der Waals surface area contributed by atoms with Crippen LogP contribution in [0.25, 0.3) is 0 Å². The second kappa shape index (κ2) is 6.11. The van der Waals surface area contributed by atoms with Gasteiger partial charge in [0.2, 0.25) is 5.95 Å². The van der Waals surface area contributed by atoms with Crippen molar-refractivity contribution in [2.45, 2.75) is 39.4 Å². The summed E-state index contributed by atoms with van der Waals surface area (Å²) in [4.78, 5) is 10.9. The van der Waals surface area contributed by atoms with Gasteiger partial charge >= 0.3 is 0 Å². The number of aromatic nitrogens is 2. The van der Waals surface area contributed by atoms with Gasteiger partial charge in [0.15, 0.2) is 0 Å². The third-order valence-corrected chi connectivity index (χ3v) is 3.35. The first kappa shape index (κ1) is 13.2. The molecule has 2 heterocycles. The minimum absolute atomic E-state index is 0.00995. The van der Waals surface area contributed by atoms with Crippen LogP contribution in [0.4, 0.5) is 5.95 Å². The lowest BCUT2D eigenvalue weighted by molar-refractivity contribution is 0.115. The molecule has 1 aliphatic heterocycles. The van der Waals surface area contributed by atoms with Gasteiger partial charge in [-0.05, 0) is 26.7 Å². The van der Waals surface area contributed by atoms with E-state index in [0.29, 0.717) is 6.10 Å². The molecule has 1 unspecified atom stereocenters. The van der Waals surface area contributed by atoms with E-state index in [1.165, 1.54) is 0 Å². The number of aliphatic hydroxyl groups is 1. The summed E-state index contributed by atoms with van der Waals surface area (Å²) >= 11 is 0. The van der Waals surface area contributed by atoms with E-state index in [9.17, 15) is 0 Å². The highest BCUT2D eigenvalue weighted by Gasteiger charge is 2.20. The molecule has 1 aliphatic rings. The fourth-order valence-corrected chi connectivity index (χ4v) is 2.17. The third-order valence-electron chi connectivity index (χ3n) is 3.35. The highest BCUT2D eigenvalue weighted by Crippen LogP contribution is 2.17. The first-order chi connectivity index (χ1) is 8.74. The fraction of sp³-hybridized carbons (Fsp3) is 0.692. The van der Waals surface area contributed by atoms with Crippen molar-refractivity contribution in [2.75, 3.05) is 24.6 Å². The first-order valence-corrected chi connectivity index (χ1v) is 6.54. The number of rotatable bonds is 5. The molecule has 2 rings (SSSR count). The summed E-state index contributed by atoms with van der Waals surface area (Å²) < 4.78 is 5.64. The van der Waals surface area contributed by atoms with Crippen LogP contribution in [0.3, 0.4) is 0 Å². The van der Waals surface area contributed by atoms with Crippen LogP contribution in [-0.2, 0) is 11.3 Å². The minimum atomic E-state index is -0.00995. The quantitative estimate of drug-likeness (QED) is 0.854. The summed E-state index contributed by atoms with van der Waals surface area (Å²) in [5.41, 5.74) is 1.63. The van der Waals surface area contributed by atoms with E-state index in [4.69, 9.17) is 9.84 Å². The maximum atomic E-state index is 9.12. The molecule has 1 aromatic heterocycles. The predicted octanol–water partition coefficient (Wildman–Crippen LogP) is 1.28. The average Bonchev–Trinajstić information content (AvgIpc) is 2.88. The summed E-state index contributed by atoms with van der Waals surface area (Å²) in [6.45, 7) is 6.55. The maximum Gasteiger partial charge on any atom is 0.225 e. The molecule has 0 spiro atoms. The van der Waals surface area contributed by atoms with Crippen molar-refractivity contribution >= 4 is 5.95 Å². The first-order valence-electron chi connectivity index (χ1n) is 6.54. The SMILES string of the molecule is CCN(CC1CCCO1)c1ncc(CO)c(C)n1. The standard InChI is InChI=1S/C13H21N3O2/c1-3-16(8-12-5-4-6-18-12)13-14-7-11(9-17)10(2)15-13/h7,12,17H,3-6,8-9H2,1-2H3. The molecule has 1 aromatic rings. The zero-order valence-electron chi connectivity index (χ0n) is 11.1. The predicted molar refractivity (Wildman–Crippen MR) is 69.6 cm³/mol. The number of likely N-dealkylation sites (N-methyl/N-ethyl adjacent to an activating group) is 1. The van der Waals surface area contributed by atoms with Crippen LogP contribution in [0.1, 0.15) is 31.0 Å². The zero-order chi connectivity index (χ0) is 13.0. The zero-order valence-corrected chi connectivity index (χ0v) is 11.1. The van der Waals surface area contributed by atoms with Gasteiger partial charge in [-0.2, -0.15) is 0 Å². The number of hydrogen-bond acceptors (Lipinski definition) is 5. The molecule has 0 radical (unpaired) electrons. The maximum absolute atomic E-state index is 9.12. The van der Waals surface area contributed by atoms with Crippen LogP contribution >= 0.6 is 0 Å². The van der Waals surface area contributed by atoms with E-state index in [1.807, 2.05) is 6.92 Å². The van der Waals surface area contributed by atoms with Crippen molar-refractivity contribution < 1.29 is 9.84 Å². The van der Waals surface area contributed by atoms with Gasteiger partial charge in [-0.3, -0.25) is 0 Å². The Kier molecular flexibility index (Phi) is 4.49. The van der Waals surface area contributed by atoms with Crippen molar-refractivity contribution in [3.63, 3.8) is 0 Å². The van der Waals surface area contributed by atoms with Crippen molar-refractivity contribution in [2.24, 2.45) is 0 Å². The summed E-state index contributed by atoms with van der Waals surface area (Å²) in [6, 6.07) is 0. The Morgan fingerprint density at radius 2 is 2.39 bits per heavy atom. The van der Waals surface area contributed by atoms with Gasteiger partial charge in [0, 0.05) is 37.2 Å². The molecule has 5 nitrogen and oxygen atoms in total. The fourth-order valence-electron chi connectivity index (χ4n) is 2.17. The molecule has 0 bridgehead atoms. The van der Waals surface area contributed by atoms with Gasteiger partial charge in [-0.1, -0.05) is 0 Å². The van der Waals surface area contributed by atoms with Gasteiger partial charge in [-0.25, -0.2) is 9.97 Å². The van der Waals surface area contributed by atoms with E-state index in [-0.39, 0.29) is 6.61 Å². The Morgan fingerprint density at radius 3 is 2.94 bits per heavy atom. The van der Waals surface area contributed by atoms with E-state index < -0.39 is 0 Å². The normalized spacial score (nSPS) is 19.2. The lowest BCUT2D eigenvalue weighted by Crippen LogP contribution is -2.33. The Bertz CT molecular complexity index is 392. The van der Waals surface area contributed by atoms with Crippen LogP contribution in [0.2, 0.25) is 0 Å². The molecule has 100 valence electrons. The Hall–Kier alpha value is -1.20. The Labute approximate surface area is 108 Å². The molecule has 5 heteroatoms. The van der Waals surface area contributed by atoms with Crippen LogP contribution in [0.15, 0.2) is 6.20 Å². The third kappa shape index (κ3) is 2.97. The van der Waals surface area contributed by atoms with E-state index in [1.54, 1.807) is 6.20 Å². The summed E-state index contributed by atoms with van der Waals surface area (Å²) in [7, 11) is 0. The molecule has 0 aromatic carbocycles. The Balaban J connectivity index is 2.08. The van der Waals surface area contributed by atoms with Crippen molar-refractivity contribution in [1.29, 1.82) is 0 Å². The molecule has 1 N–H and O–H groups in total. The second-order valence-electron chi connectivity index (χ2n) is 4.61. The monoisotopic (exact) mass is 251 g/mol. The lowest BCUT2D eigenvalue weighted by atomic mass is 10.2. The van der Waals surface area contributed by atoms with Gasteiger partial charge in [0.1, 0.15) is 0 Å². The number of anilines is 1. The molecule has 0 amide bonds. The smallest absolute Gasteiger partial charge is 0.225 e. The number of nitrogens with zero attached hydrogens (tertiary/aromatic N) is 3. The van der Waals surface area contributed by atoms with E-state index in [2.05, 4.69) is 21.8 Å². The van der Waals surface area contributed by atoms with Gasteiger partial charge < -0.3 is 14.7 Å². The van der Waals surface area contributed by atoms with Crippen molar-refractivity contribution in [1.82, 2.24) is 9.97 Å². The summed E-state index contributed by atoms with van der Waals surface area (Å²) in [6.07, 6.45) is 4.26. The molecule has 1 fully saturated rings. The van der Waals surface area contributed by atoms with Gasteiger partial charge in [0.05, 0.1) is 12.7 Å². The highest BCUT2D eigenvalue weighted by atomic mass is 16.5. The van der Waals surface area contributed by atoms with E-state index in [0.717, 1.165) is 49.7 Å². The molecule has 0 aliphatic carbocycles. The van der Waals surface area contributed by atoms with Gasteiger partial charge in [0.25, 0.3) is 0 Å². The number of hydrogen-bond donors (Lipinski definition) is 1. The Morgan fingerprint density at radius 1 is 1.56 bits per heavy atom. The lowest BCUT2D eigenvalue weighted by Gasteiger charge is -2.24. The molecule has 1 saturated heterocycles. The number of ether oxygens (including phenoxy) is 1. The molecule has 0 saturated carbocycles. The van der Waals surface area contributed by atoms with Crippen LogP contribution in [0, 0.1) is 6.92 Å². The summed E-state index contributed by atoms with van der Waals surface area (Å²) in [5, 5.41) is 9.12. The van der Waals surface area contributed by atoms with Crippen LogP contribution in [0.5, 0.6) is 0 Å². The average molecular weight is 251 g/mol. The van der Waals surface area contributed by atoms with E-state index >= 15 is 0 Å². The van der Waals surface area contributed by atoms with Crippen molar-refractivity contribution in [3.05, 3.63) is 17.5 Å².